The van der Waals surface area contributed by atoms with Crippen LogP contribution >= 0.6 is 11.3 Å². The quantitative estimate of drug-likeness (QED) is 0.873. The van der Waals surface area contributed by atoms with E-state index in [1.54, 1.807) is 6.26 Å². The van der Waals surface area contributed by atoms with Crippen molar-refractivity contribution in [2.24, 2.45) is 0 Å². The van der Waals surface area contributed by atoms with Crippen molar-refractivity contribution in [3.63, 3.8) is 0 Å². The van der Waals surface area contributed by atoms with Crippen LogP contribution in [0.4, 0.5) is 0 Å². The van der Waals surface area contributed by atoms with Crippen LogP contribution in [0.5, 0.6) is 0 Å². The van der Waals surface area contributed by atoms with E-state index < -0.39 is 10.8 Å². The number of hydrogen-bond donors (Lipinski definition) is 1. The average Bonchev–Trinajstić information content (AvgIpc) is 2.76. The second-order valence-corrected chi connectivity index (χ2v) is 8.25. The third-order valence-corrected chi connectivity index (χ3v) is 6.67. The number of nitrogens with one attached hydrogen (secondary N) is 1. The van der Waals surface area contributed by atoms with Gasteiger partial charge in [-0.15, -0.1) is 11.3 Å². The second kappa shape index (κ2) is 6.83. The van der Waals surface area contributed by atoms with Crippen molar-refractivity contribution in [2.45, 2.75) is 38.5 Å². The Labute approximate surface area is 128 Å². The molecule has 0 aliphatic carbocycles. The Morgan fingerprint density at radius 2 is 2.00 bits per heavy atom. The average molecular weight is 310 g/mol. The molecule has 2 nitrogen and oxygen atoms in total. The van der Waals surface area contributed by atoms with E-state index in [1.807, 2.05) is 18.3 Å². The van der Waals surface area contributed by atoms with Gasteiger partial charge in [0.15, 0.2) is 0 Å². The van der Waals surface area contributed by atoms with Crippen LogP contribution in [-0.2, 0) is 10.8 Å². The second-order valence-electron chi connectivity index (χ2n) is 5.36. The molecule has 0 aliphatic rings. The van der Waals surface area contributed by atoms with E-state index in [1.165, 1.54) is 20.5 Å². The molecule has 1 heterocycles. The van der Waals surface area contributed by atoms with Gasteiger partial charge < -0.3 is 5.32 Å². The molecule has 3 unspecified atom stereocenters. The summed E-state index contributed by atoms with van der Waals surface area (Å²) in [6, 6.07) is 8.93. The number of fused-ring (bicyclic) bond motifs is 1. The van der Waals surface area contributed by atoms with Crippen LogP contribution in [0.1, 0.15) is 36.8 Å². The molecule has 0 amide bonds. The number of hydrogen-bond acceptors (Lipinski definition) is 3. The van der Waals surface area contributed by atoms with Crippen molar-refractivity contribution >= 4 is 32.2 Å². The molecule has 1 aromatic carbocycles. The molecule has 20 heavy (non-hydrogen) atoms. The van der Waals surface area contributed by atoms with Gasteiger partial charge in [-0.05, 0) is 43.8 Å². The minimum absolute atomic E-state index is 0.262. The molecule has 0 fully saturated rings. The summed E-state index contributed by atoms with van der Waals surface area (Å²) < 4.78 is 12.7. The van der Waals surface area contributed by atoms with Gasteiger partial charge in [-0.1, -0.05) is 25.1 Å². The molecule has 4 heteroatoms. The fourth-order valence-electron chi connectivity index (χ4n) is 2.37. The Hall–Kier alpha value is -0.710. The van der Waals surface area contributed by atoms with Gasteiger partial charge in [0, 0.05) is 37.9 Å². The molecule has 3 atom stereocenters. The van der Waals surface area contributed by atoms with Crippen molar-refractivity contribution in [3.8, 4) is 0 Å². The highest BCUT2D eigenvalue weighted by Crippen LogP contribution is 2.34. The van der Waals surface area contributed by atoms with E-state index >= 15 is 0 Å². The Morgan fingerprint density at radius 1 is 1.30 bits per heavy atom. The predicted molar refractivity (Wildman–Crippen MR) is 91.1 cm³/mol. The SMILES string of the molecule is Cc1c(C(C)NCCC(C)S(C)=O)sc2ccccc12. The van der Waals surface area contributed by atoms with Gasteiger partial charge in [0.1, 0.15) is 0 Å². The van der Waals surface area contributed by atoms with Gasteiger partial charge >= 0.3 is 0 Å². The molecular formula is C16H23NOS2. The van der Waals surface area contributed by atoms with Crippen LogP contribution in [0.3, 0.4) is 0 Å². The molecule has 0 radical (unpaired) electrons. The maximum atomic E-state index is 11.3. The van der Waals surface area contributed by atoms with E-state index in [4.69, 9.17) is 0 Å². The maximum absolute atomic E-state index is 11.3. The molecule has 110 valence electrons. The monoisotopic (exact) mass is 309 g/mol. The van der Waals surface area contributed by atoms with Gasteiger partial charge in [0.2, 0.25) is 0 Å². The fraction of sp³-hybridized carbons (Fsp3) is 0.500. The highest BCUT2D eigenvalue weighted by atomic mass is 32.2. The van der Waals surface area contributed by atoms with Gasteiger partial charge in [-0.25, -0.2) is 0 Å². The third kappa shape index (κ3) is 3.48. The first-order valence-corrected chi connectivity index (χ1v) is 9.48. The smallest absolute Gasteiger partial charge is 0.0389 e. The zero-order valence-corrected chi connectivity index (χ0v) is 14.2. The molecule has 1 aromatic heterocycles. The first-order chi connectivity index (χ1) is 9.50. The maximum Gasteiger partial charge on any atom is 0.0389 e. The highest BCUT2D eigenvalue weighted by molar-refractivity contribution is 7.84. The van der Waals surface area contributed by atoms with Crippen LogP contribution in [-0.4, -0.2) is 22.3 Å². The van der Waals surface area contributed by atoms with Gasteiger partial charge in [-0.2, -0.15) is 0 Å². The van der Waals surface area contributed by atoms with E-state index in [9.17, 15) is 4.21 Å². The number of aryl methyl sites for hydroxylation is 1. The van der Waals surface area contributed by atoms with Gasteiger partial charge in [0.25, 0.3) is 0 Å². The van der Waals surface area contributed by atoms with Crippen LogP contribution < -0.4 is 5.32 Å². The molecule has 1 N–H and O–H groups in total. The molecular weight excluding hydrogens is 286 g/mol. The minimum Gasteiger partial charge on any atom is -0.309 e. The predicted octanol–water partition coefficient (Wildman–Crippen LogP) is 4.02. The Morgan fingerprint density at radius 3 is 2.65 bits per heavy atom. The molecule has 0 saturated heterocycles. The van der Waals surface area contributed by atoms with Crippen molar-refractivity contribution in [1.82, 2.24) is 5.32 Å². The molecule has 0 spiro atoms. The molecule has 2 aromatic rings. The van der Waals surface area contributed by atoms with Gasteiger partial charge in [-0.3, -0.25) is 4.21 Å². The molecule has 0 saturated carbocycles. The van der Waals surface area contributed by atoms with Crippen LogP contribution in [0.25, 0.3) is 10.1 Å². The summed E-state index contributed by atoms with van der Waals surface area (Å²) in [5.74, 6) is 0. The topological polar surface area (TPSA) is 29.1 Å². The Balaban J connectivity index is 2.02. The summed E-state index contributed by atoms with van der Waals surface area (Å²) in [4.78, 5) is 1.41. The number of benzene rings is 1. The minimum atomic E-state index is -0.724. The molecule has 2 rings (SSSR count). The van der Waals surface area contributed by atoms with Crippen molar-refractivity contribution in [2.75, 3.05) is 12.8 Å². The van der Waals surface area contributed by atoms with Crippen LogP contribution in [0.15, 0.2) is 24.3 Å². The highest BCUT2D eigenvalue weighted by Gasteiger charge is 2.14. The fourth-order valence-corrected chi connectivity index (χ4v) is 4.06. The zero-order valence-electron chi connectivity index (χ0n) is 12.6. The normalized spacial score (nSPS) is 16.2. The first-order valence-electron chi connectivity index (χ1n) is 7.04. The van der Waals surface area contributed by atoms with E-state index in [2.05, 4.69) is 43.4 Å². The lowest BCUT2D eigenvalue weighted by Crippen LogP contribution is -2.23. The Kier molecular flexibility index (Phi) is 5.35. The summed E-state index contributed by atoms with van der Waals surface area (Å²) >= 11 is 1.87. The van der Waals surface area contributed by atoms with E-state index in [0.717, 1.165) is 13.0 Å². The summed E-state index contributed by atoms with van der Waals surface area (Å²) in [6.45, 7) is 7.38. The summed E-state index contributed by atoms with van der Waals surface area (Å²) in [6.07, 6.45) is 2.74. The third-order valence-electron chi connectivity index (χ3n) is 3.84. The van der Waals surface area contributed by atoms with Crippen molar-refractivity contribution < 1.29 is 4.21 Å². The first kappa shape index (κ1) is 15.7. The largest absolute Gasteiger partial charge is 0.309 e. The van der Waals surface area contributed by atoms with Crippen LogP contribution in [0.2, 0.25) is 0 Å². The van der Waals surface area contributed by atoms with Crippen molar-refractivity contribution in [3.05, 3.63) is 34.7 Å². The summed E-state index contributed by atoms with van der Waals surface area (Å²) in [5, 5.41) is 5.19. The van der Waals surface area contributed by atoms with Gasteiger partial charge in [0.05, 0.1) is 0 Å². The van der Waals surface area contributed by atoms with E-state index in [-0.39, 0.29) is 5.25 Å². The zero-order chi connectivity index (χ0) is 14.7. The number of thiophene rings is 1. The summed E-state index contributed by atoms with van der Waals surface area (Å²) in [7, 11) is -0.724. The van der Waals surface area contributed by atoms with E-state index in [0.29, 0.717) is 6.04 Å². The molecule has 0 aliphatic heterocycles. The number of rotatable bonds is 6. The molecule has 0 bridgehead atoms. The van der Waals surface area contributed by atoms with Crippen LogP contribution in [0, 0.1) is 6.92 Å². The summed E-state index contributed by atoms with van der Waals surface area (Å²) in [5.41, 5.74) is 1.39. The Bertz CT molecular complexity index is 606. The van der Waals surface area contributed by atoms with Crippen molar-refractivity contribution in [1.29, 1.82) is 0 Å². The lowest BCUT2D eigenvalue weighted by Gasteiger charge is -2.15. The lowest BCUT2D eigenvalue weighted by atomic mass is 10.1. The lowest BCUT2D eigenvalue weighted by molar-refractivity contribution is 0.559. The standard InChI is InChI=1S/C16H23NOS2/c1-11(20(4)18)9-10-17-13(3)16-12(2)14-7-5-6-8-15(14)19-16/h5-8,11,13,17H,9-10H2,1-4H3.